The molecule has 0 saturated heterocycles. The lowest BCUT2D eigenvalue weighted by Crippen LogP contribution is -2.43. The van der Waals surface area contributed by atoms with Crippen LogP contribution in [-0.4, -0.2) is 42.3 Å². The number of ether oxygens (including phenoxy) is 1. The molecule has 162 valence electrons. The highest BCUT2D eigenvalue weighted by atomic mass is 16.5. The Labute approximate surface area is 181 Å². The predicted molar refractivity (Wildman–Crippen MR) is 117 cm³/mol. The Bertz CT molecular complexity index is 953. The van der Waals surface area contributed by atoms with Gasteiger partial charge in [0.25, 0.3) is 0 Å². The Kier molecular flexibility index (Phi) is 7.07. The van der Waals surface area contributed by atoms with Gasteiger partial charge >= 0.3 is 12.1 Å². The lowest BCUT2D eigenvalue weighted by Gasteiger charge is -2.16. The Morgan fingerprint density at radius 2 is 1.61 bits per heavy atom. The van der Waals surface area contributed by atoms with E-state index in [0.29, 0.717) is 0 Å². The molecule has 0 bridgehead atoms. The van der Waals surface area contributed by atoms with Gasteiger partial charge in [-0.15, -0.1) is 0 Å². The van der Waals surface area contributed by atoms with Crippen molar-refractivity contribution in [2.24, 2.45) is 5.92 Å². The van der Waals surface area contributed by atoms with Gasteiger partial charge in [0.2, 0.25) is 5.91 Å². The van der Waals surface area contributed by atoms with Crippen LogP contribution in [0.25, 0.3) is 11.1 Å². The second-order valence-electron chi connectivity index (χ2n) is 7.68. The Balaban J connectivity index is 1.49. The molecule has 0 saturated carbocycles. The molecular formula is C24H26N2O5. The SMILES string of the molecule is CC(C)C(NC(=O)/C=C/CNC(=O)OCC1c2ccccc2-c2ccccc21)C(=O)O. The molecule has 0 aliphatic heterocycles. The first-order valence-corrected chi connectivity index (χ1v) is 10.2. The summed E-state index contributed by atoms with van der Waals surface area (Å²) in [4.78, 5) is 35.0. The third kappa shape index (κ3) is 5.31. The summed E-state index contributed by atoms with van der Waals surface area (Å²) in [5.41, 5.74) is 4.57. The van der Waals surface area contributed by atoms with Gasteiger partial charge in [-0.3, -0.25) is 4.79 Å². The van der Waals surface area contributed by atoms with Gasteiger partial charge < -0.3 is 20.5 Å². The van der Waals surface area contributed by atoms with Crippen molar-refractivity contribution in [2.75, 3.05) is 13.2 Å². The number of benzene rings is 2. The molecule has 1 aliphatic carbocycles. The monoisotopic (exact) mass is 422 g/mol. The van der Waals surface area contributed by atoms with Gasteiger partial charge in [0, 0.05) is 18.5 Å². The van der Waals surface area contributed by atoms with Crippen LogP contribution in [0, 0.1) is 5.92 Å². The van der Waals surface area contributed by atoms with Gasteiger partial charge in [-0.25, -0.2) is 9.59 Å². The van der Waals surface area contributed by atoms with E-state index in [0.717, 1.165) is 22.3 Å². The number of rotatable bonds is 8. The molecule has 0 heterocycles. The summed E-state index contributed by atoms with van der Waals surface area (Å²) in [5, 5.41) is 14.1. The lowest BCUT2D eigenvalue weighted by atomic mass is 9.98. The first kappa shape index (κ1) is 22.1. The maximum Gasteiger partial charge on any atom is 0.407 e. The van der Waals surface area contributed by atoms with Crippen molar-refractivity contribution in [3.63, 3.8) is 0 Å². The molecule has 0 radical (unpaired) electrons. The number of carbonyl (C=O) groups excluding carboxylic acids is 2. The number of alkyl carbamates (subject to hydrolysis) is 1. The van der Waals surface area contributed by atoms with Crippen LogP contribution < -0.4 is 10.6 Å². The number of carbonyl (C=O) groups is 3. The summed E-state index contributed by atoms with van der Waals surface area (Å²) in [5.74, 6) is -1.89. The van der Waals surface area contributed by atoms with E-state index in [1.165, 1.54) is 12.2 Å². The molecule has 1 atom stereocenters. The molecule has 7 nitrogen and oxygen atoms in total. The van der Waals surface area contributed by atoms with Crippen LogP contribution in [0.1, 0.15) is 30.9 Å². The van der Waals surface area contributed by atoms with Crippen molar-refractivity contribution in [2.45, 2.75) is 25.8 Å². The standard InChI is InChI=1S/C24H26N2O5/c1-15(2)22(23(28)29)26-21(27)12-7-13-25-24(30)31-14-20-18-10-5-3-8-16(18)17-9-4-6-11-19(17)20/h3-12,15,20,22H,13-14H2,1-2H3,(H,25,30)(H,26,27)(H,28,29)/b12-7+. The molecule has 1 aliphatic rings. The number of carboxylic acid groups (broad SMARTS) is 1. The fraction of sp³-hybridized carbons (Fsp3) is 0.292. The van der Waals surface area contributed by atoms with Gasteiger partial charge in [0.15, 0.2) is 0 Å². The summed E-state index contributed by atoms with van der Waals surface area (Å²) >= 11 is 0. The highest BCUT2D eigenvalue weighted by Crippen LogP contribution is 2.44. The van der Waals surface area contributed by atoms with Gasteiger partial charge in [-0.1, -0.05) is 68.5 Å². The van der Waals surface area contributed by atoms with E-state index < -0.39 is 24.0 Å². The predicted octanol–water partition coefficient (Wildman–Crippen LogP) is 3.31. The highest BCUT2D eigenvalue weighted by molar-refractivity contribution is 5.91. The quantitative estimate of drug-likeness (QED) is 0.566. The fourth-order valence-corrected chi connectivity index (χ4v) is 3.67. The third-order valence-electron chi connectivity index (χ3n) is 5.21. The van der Waals surface area contributed by atoms with Crippen LogP contribution in [0.5, 0.6) is 0 Å². The molecule has 0 spiro atoms. The fourth-order valence-electron chi connectivity index (χ4n) is 3.67. The number of hydrogen-bond donors (Lipinski definition) is 3. The van der Waals surface area contributed by atoms with Crippen LogP contribution >= 0.6 is 0 Å². The molecule has 2 aromatic carbocycles. The van der Waals surface area contributed by atoms with Crippen molar-refractivity contribution >= 4 is 18.0 Å². The molecule has 7 heteroatoms. The van der Waals surface area contributed by atoms with E-state index in [9.17, 15) is 14.4 Å². The second-order valence-corrected chi connectivity index (χ2v) is 7.68. The Hall–Kier alpha value is -3.61. The Morgan fingerprint density at radius 3 is 2.16 bits per heavy atom. The average Bonchev–Trinajstić information content (AvgIpc) is 3.07. The van der Waals surface area contributed by atoms with E-state index in [1.807, 2.05) is 36.4 Å². The zero-order valence-corrected chi connectivity index (χ0v) is 17.5. The molecule has 2 aromatic rings. The lowest BCUT2D eigenvalue weighted by molar-refractivity contribution is -0.142. The maximum absolute atomic E-state index is 12.1. The van der Waals surface area contributed by atoms with Gasteiger partial charge in [0.05, 0.1) is 0 Å². The van der Waals surface area contributed by atoms with Crippen molar-refractivity contribution in [3.05, 3.63) is 71.8 Å². The summed E-state index contributed by atoms with van der Waals surface area (Å²) in [7, 11) is 0. The first-order valence-electron chi connectivity index (χ1n) is 10.2. The molecular weight excluding hydrogens is 396 g/mol. The van der Waals surface area contributed by atoms with E-state index in [2.05, 4.69) is 22.8 Å². The minimum absolute atomic E-state index is 0.0246. The molecule has 0 aromatic heterocycles. The van der Waals surface area contributed by atoms with Crippen molar-refractivity contribution in [3.8, 4) is 11.1 Å². The maximum atomic E-state index is 12.1. The first-order chi connectivity index (χ1) is 14.9. The summed E-state index contributed by atoms with van der Waals surface area (Å²) in [6, 6.07) is 15.2. The number of carboxylic acids is 1. The molecule has 2 amide bonds. The smallest absolute Gasteiger partial charge is 0.407 e. The molecule has 3 N–H and O–H groups in total. The van der Waals surface area contributed by atoms with Gasteiger partial charge in [-0.05, 0) is 28.2 Å². The normalized spacial score (nSPS) is 13.5. The largest absolute Gasteiger partial charge is 0.480 e. The molecule has 0 fully saturated rings. The number of nitrogens with one attached hydrogen (secondary N) is 2. The van der Waals surface area contributed by atoms with Crippen molar-refractivity contribution < 1.29 is 24.2 Å². The van der Waals surface area contributed by atoms with Crippen molar-refractivity contribution in [1.82, 2.24) is 10.6 Å². The van der Waals surface area contributed by atoms with Crippen LogP contribution in [0.4, 0.5) is 4.79 Å². The third-order valence-corrected chi connectivity index (χ3v) is 5.21. The minimum atomic E-state index is -1.09. The zero-order valence-electron chi connectivity index (χ0n) is 17.5. The van der Waals surface area contributed by atoms with E-state index >= 15 is 0 Å². The molecule has 1 unspecified atom stereocenters. The van der Waals surface area contributed by atoms with E-state index in [1.54, 1.807) is 13.8 Å². The number of aliphatic carboxylic acids is 1. The number of amides is 2. The Morgan fingerprint density at radius 1 is 1.03 bits per heavy atom. The summed E-state index contributed by atoms with van der Waals surface area (Å²) < 4.78 is 5.41. The number of hydrogen-bond acceptors (Lipinski definition) is 4. The van der Waals surface area contributed by atoms with E-state index in [-0.39, 0.29) is 25.0 Å². The van der Waals surface area contributed by atoms with E-state index in [4.69, 9.17) is 9.84 Å². The second kappa shape index (κ2) is 9.93. The summed E-state index contributed by atoms with van der Waals surface area (Å²) in [6.45, 7) is 3.71. The topological polar surface area (TPSA) is 105 Å². The van der Waals surface area contributed by atoms with Crippen molar-refractivity contribution in [1.29, 1.82) is 0 Å². The molecule has 31 heavy (non-hydrogen) atoms. The van der Waals surface area contributed by atoms with Gasteiger partial charge in [0.1, 0.15) is 12.6 Å². The average molecular weight is 422 g/mol. The van der Waals surface area contributed by atoms with Crippen LogP contribution in [0.3, 0.4) is 0 Å². The summed E-state index contributed by atoms with van der Waals surface area (Å²) in [6.07, 6.45) is 2.05. The van der Waals surface area contributed by atoms with Gasteiger partial charge in [-0.2, -0.15) is 0 Å². The van der Waals surface area contributed by atoms with Crippen LogP contribution in [0.2, 0.25) is 0 Å². The minimum Gasteiger partial charge on any atom is -0.480 e. The van der Waals surface area contributed by atoms with Crippen LogP contribution in [0.15, 0.2) is 60.7 Å². The molecule has 3 rings (SSSR count). The highest BCUT2D eigenvalue weighted by Gasteiger charge is 2.29. The number of fused-ring (bicyclic) bond motifs is 3. The zero-order chi connectivity index (χ0) is 22.4. The van der Waals surface area contributed by atoms with Crippen LogP contribution in [-0.2, 0) is 14.3 Å².